The van der Waals surface area contributed by atoms with Crippen molar-refractivity contribution in [2.75, 3.05) is 6.61 Å². The second kappa shape index (κ2) is 3.70. The molecule has 3 heteroatoms. The lowest BCUT2D eigenvalue weighted by molar-refractivity contribution is -0.150. The zero-order chi connectivity index (χ0) is 9.14. The summed E-state index contributed by atoms with van der Waals surface area (Å²) in [6.45, 7) is 3.97. The smallest absolute Gasteiger partial charge is 0.316 e. The van der Waals surface area contributed by atoms with Crippen molar-refractivity contribution in [3.05, 3.63) is 0 Å². The molecular weight excluding hydrogens is 156 g/mol. The molecule has 0 aromatic rings. The third-order valence-electron chi connectivity index (χ3n) is 2.29. The number of hydrogen-bond acceptors (Lipinski definition) is 3. The van der Waals surface area contributed by atoms with Crippen LogP contribution in [0.2, 0.25) is 0 Å². The largest absolute Gasteiger partial charge is 0.465 e. The Morgan fingerprint density at radius 3 is 2.67 bits per heavy atom. The maximum Gasteiger partial charge on any atom is 0.316 e. The van der Waals surface area contributed by atoms with Crippen molar-refractivity contribution in [3.63, 3.8) is 0 Å². The minimum atomic E-state index is -0.472. The van der Waals surface area contributed by atoms with Gasteiger partial charge in [0.1, 0.15) is 11.7 Å². The van der Waals surface area contributed by atoms with Gasteiger partial charge in [0.15, 0.2) is 0 Å². The van der Waals surface area contributed by atoms with E-state index in [1.807, 2.05) is 6.92 Å². The van der Waals surface area contributed by atoms with Gasteiger partial charge in [0.25, 0.3) is 0 Å². The summed E-state index contributed by atoms with van der Waals surface area (Å²) in [5, 5.41) is 0. The maximum absolute atomic E-state index is 11.3. The summed E-state index contributed by atoms with van der Waals surface area (Å²) in [5.41, 5.74) is 0. The number of carbonyl (C=O) groups is 2. The monoisotopic (exact) mass is 170 g/mol. The lowest BCUT2D eigenvalue weighted by Crippen LogP contribution is -2.23. The van der Waals surface area contributed by atoms with E-state index in [4.69, 9.17) is 4.74 Å². The molecule has 0 amide bonds. The second-order valence-electron chi connectivity index (χ2n) is 3.19. The standard InChI is InChI=1S/C9H14O3/c1-3-12-9(11)7-5-4-6(2)8(7)10/h6-7H,3-5H2,1-2H3/t6-,7+/m1/s1. The maximum atomic E-state index is 11.3. The van der Waals surface area contributed by atoms with Crippen molar-refractivity contribution in [2.24, 2.45) is 11.8 Å². The van der Waals surface area contributed by atoms with Crippen LogP contribution in [0.3, 0.4) is 0 Å². The third kappa shape index (κ3) is 1.65. The Kier molecular flexibility index (Phi) is 2.84. The normalized spacial score (nSPS) is 29.0. The van der Waals surface area contributed by atoms with E-state index >= 15 is 0 Å². The van der Waals surface area contributed by atoms with Crippen LogP contribution in [0.4, 0.5) is 0 Å². The minimum Gasteiger partial charge on any atom is -0.465 e. The molecule has 0 aliphatic heterocycles. The van der Waals surface area contributed by atoms with Crippen molar-refractivity contribution >= 4 is 11.8 Å². The number of Topliss-reactive ketones (excluding diaryl/α,β-unsaturated/α-hetero) is 1. The highest BCUT2D eigenvalue weighted by Crippen LogP contribution is 2.27. The van der Waals surface area contributed by atoms with Crippen LogP contribution in [0.25, 0.3) is 0 Å². The third-order valence-corrected chi connectivity index (χ3v) is 2.29. The van der Waals surface area contributed by atoms with E-state index in [0.29, 0.717) is 13.0 Å². The Morgan fingerprint density at radius 1 is 1.58 bits per heavy atom. The first-order valence-electron chi connectivity index (χ1n) is 4.37. The number of esters is 1. The van der Waals surface area contributed by atoms with E-state index in [1.54, 1.807) is 6.92 Å². The van der Waals surface area contributed by atoms with Gasteiger partial charge >= 0.3 is 5.97 Å². The Hall–Kier alpha value is -0.860. The van der Waals surface area contributed by atoms with Crippen LogP contribution >= 0.6 is 0 Å². The number of hydrogen-bond donors (Lipinski definition) is 0. The van der Waals surface area contributed by atoms with Crippen LogP contribution in [0.1, 0.15) is 26.7 Å². The van der Waals surface area contributed by atoms with Crippen molar-refractivity contribution in [1.82, 2.24) is 0 Å². The van der Waals surface area contributed by atoms with Crippen LogP contribution in [-0.2, 0) is 14.3 Å². The Morgan fingerprint density at radius 2 is 2.25 bits per heavy atom. The lowest BCUT2D eigenvalue weighted by atomic mass is 10.1. The molecule has 1 saturated carbocycles. The minimum absolute atomic E-state index is 0.0411. The van der Waals surface area contributed by atoms with Gasteiger partial charge in [-0.25, -0.2) is 0 Å². The zero-order valence-electron chi connectivity index (χ0n) is 7.50. The van der Waals surface area contributed by atoms with Gasteiger partial charge in [-0.05, 0) is 19.8 Å². The Bertz CT molecular complexity index is 198. The first-order chi connectivity index (χ1) is 5.66. The fraction of sp³-hybridized carbons (Fsp3) is 0.778. The molecule has 68 valence electrons. The van der Waals surface area contributed by atoms with Crippen molar-refractivity contribution < 1.29 is 14.3 Å². The molecule has 0 spiro atoms. The van der Waals surface area contributed by atoms with Crippen LogP contribution in [0.15, 0.2) is 0 Å². The van der Waals surface area contributed by atoms with Gasteiger partial charge in [0.2, 0.25) is 0 Å². The fourth-order valence-electron chi connectivity index (χ4n) is 1.52. The summed E-state index contributed by atoms with van der Waals surface area (Å²) in [6, 6.07) is 0. The van der Waals surface area contributed by atoms with Gasteiger partial charge < -0.3 is 4.74 Å². The highest BCUT2D eigenvalue weighted by Gasteiger charge is 2.36. The Labute approximate surface area is 72.1 Å². The van der Waals surface area contributed by atoms with E-state index in [0.717, 1.165) is 6.42 Å². The van der Waals surface area contributed by atoms with E-state index in [2.05, 4.69) is 0 Å². The molecule has 1 aliphatic carbocycles. The zero-order valence-corrected chi connectivity index (χ0v) is 7.50. The molecule has 3 nitrogen and oxygen atoms in total. The number of ether oxygens (including phenoxy) is 1. The topological polar surface area (TPSA) is 43.4 Å². The van der Waals surface area contributed by atoms with E-state index < -0.39 is 5.92 Å². The average molecular weight is 170 g/mol. The molecule has 1 aliphatic rings. The van der Waals surface area contributed by atoms with E-state index in [1.165, 1.54) is 0 Å². The van der Waals surface area contributed by atoms with Crippen LogP contribution in [0, 0.1) is 11.8 Å². The van der Waals surface area contributed by atoms with Gasteiger partial charge in [0, 0.05) is 5.92 Å². The second-order valence-corrected chi connectivity index (χ2v) is 3.19. The molecule has 1 rings (SSSR count). The molecule has 1 fully saturated rings. The molecule has 0 unspecified atom stereocenters. The molecule has 12 heavy (non-hydrogen) atoms. The predicted octanol–water partition coefficient (Wildman–Crippen LogP) is 1.16. The lowest BCUT2D eigenvalue weighted by Gasteiger charge is -2.06. The molecular formula is C9H14O3. The molecule has 0 radical (unpaired) electrons. The summed E-state index contributed by atoms with van der Waals surface area (Å²) < 4.78 is 4.78. The van der Waals surface area contributed by atoms with Gasteiger partial charge in [-0.1, -0.05) is 6.92 Å². The summed E-state index contributed by atoms with van der Waals surface area (Å²) >= 11 is 0. The number of rotatable bonds is 2. The van der Waals surface area contributed by atoms with Crippen molar-refractivity contribution in [2.45, 2.75) is 26.7 Å². The molecule has 0 N–H and O–H groups in total. The Balaban J connectivity index is 2.53. The molecule has 0 bridgehead atoms. The molecule has 0 aromatic carbocycles. The van der Waals surface area contributed by atoms with Crippen LogP contribution in [0.5, 0.6) is 0 Å². The van der Waals surface area contributed by atoms with E-state index in [9.17, 15) is 9.59 Å². The summed E-state index contributed by atoms with van der Waals surface area (Å²) in [6.07, 6.45) is 1.49. The first-order valence-corrected chi connectivity index (χ1v) is 4.37. The van der Waals surface area contributed by atoms with Gasteiger partial charge in [-0.2, -0.15) is 0 Å². The number of carbonyl (C=O) groups excluding carboxylic acids is 2. The molecule has 0 saturated heterocycles. The van der Waals surface area contributed by atoms with Crippen molar-refractivity contribution in [3.8, 4) is 0 Å². The number of ketones is 1. The highest BCUT2D eigenvalue weighted by molar-refractivity contribution is 6.01. The van der Waals surface area contributed by atoms with Crippen LogP contribution in [-0.4, -0.2) is 18.4 Å². The predicted molar refractivity (Wildman–Crippen MR) is 43.5 cm³/mol. The van der Waals surface area contributed by atoms with Gasteiger partial charge in [-0.15, -0.1) is 0 Å². The molecule has 0 aromatic heterocycles. The van der Waals surface area contributed by atoms with E-state index in [-0.39, 0.29) is 17.7 Å². The quantitative estimate of drug-likeness (QED) is 0.461. The van der Waals surface area contributed by atoms with Crippen molar-refractivity contribution in [1.29, 1.82) is 0 Å². The molecule has 2 atom stereocenters. The summed E-state index contributed by atoms with van der Waals surface area (Å²) in [4.78, 5) is 22.5. The molecule has 0 heterocycles. The average Bonchev–Trinajstić information content (AvgIpc) is 2.34. The SMILES string of the molecule is CCOC(=O)[C@H]1CC[C@@H](C)C1=O. The summed E-state index contributed by atoms with van der Waals surface area (Å²) in [7, 11) is 0. The summed E-state index contributed by atoms with van der Waals surface area (Å²) in [5.74, 6) is -0.723. The highest BCUT2D eigenvalue weighted by atomic mass is 16.5. The van der Waals surface area contributed by atoms with Gasteiger partial charge in [-0.3, -0.25) is 9.59 Å². The van der Waals surface area contributed by atoms with Gasteiger partial charge in [0.05, 0.1) is 6.61 Å². The first kappa shape index (κ1) is 9.23. The van der Waals surface area contributed by atoms with Crippen LogP contribution < -0.4 is 0 Å². The fourth-order valence-corrected chi connectivity index (χ4v) is 1.52.